The number of para-hydroxylation sites is 2. The fourth-order valence-corrected chi connectivity index (χ4v) is 1.91. The van der Waals surface area contributed by atoms with Gasteiger partial charge in [0.25, 0.3) is 0 Å². The third kappa shape index (κ3) is 5.63. The molecule has 0 aliphatic carbocycles. The third-order valence-electron chi connectivity index (χ3n) is 3.12. The molecule has 0 heterocycles. The van der Waals surface area contributed by atoms with Gasteiger partial charge in [-0.1, -0.05) is 26.0 Å². The van der Waals surface area contributed by atoms with Gasteiger partial charge in [-0.3, -0.25) is 4.79 Å². The standard InChI is InChI=1S/C16H23NO5/c1-11(2)15(16(19)20)17-14(18)9-6-10-22-13-8-5-4-7-12(13)21-3/h4-5,7-8,11,15H,6,9-10H2,1-3H3,(H,17,18)(H,19,20). The lowest BCUT2D eigenvalue weighted by molar-refractivity contribution is -0.143. The fraction of sp³-hybridized carbons (Fsp3) is 0.500. The van der Waals surface area contributed by atoms with Crippen LogP contribution in [0.3, 0.4) is 0 Å². The Hall–Kier alpha value is -2.24. The number of aliphatic carboxylic acids is 1. The molecule has 1 aromatic rings. The van der Waals surface area contributed by atoms with Crippen LogP contribution in [0.15, 0.2) is 24.3 Å². The van der Waals surface area contributed by atoms with Crippen molar-refractivity contribution >= 4 is 11.9 Å². The number of carbonyl (C=O) groups excluding carboxylic acids is 1. The van der Waals surface area contributed by atoms with E-state index < -0.39 is 12.0 Å². The molecule has 0 bridgehead atoms. The van der Waals surface area contributed by atoms with E-state index in [4.69, 9.17) is 14.6 Å². The summed E-state index contributed by atoms with van der Waals surface area (Å²) in [5.41, 5.74) is 0. The number of amides is 1. The Morgan fingerprint density at radius 2 is 1.86 bits per heavy atom. The normalized spacial score (nSPS) is 11.8. The van der Waals surface area contributed by atoms with Crippen LogP contribution < -0.4 is 14.8 Å². The van der Waals surface area contributed by atoms with E-state index in [0.717, 1.165) is 0 Å². The molecule has 1 unspecified atom stereocenters. The zero-order chi connectivity index (χ0) is 16.5. The summed E-state index contributed by atoms with van der Waals surface area (Å²) in [7, 11) is 1.56. The predicted octanol–water partition coefficient (Wildman–Crippen LogP) is 2.08. The Bertz CT molecular complexity index is 501. The molecule has 0 spiro atoms. The van der Waals surface area contributed by atoms with E-state index in [2.05, 4.69) is 5.32 Å². The molecule has 122 valence electrons. The monoisotopic (exact) mass is 309 g/mol. The van der Waals surface area contributed by atoms with E-state index in [1.807, 2.05) is 12.1 Å². The molecule has 1 atom stereocenters. The smallest absolute Gasteiger partial charge is 0.326 e. The van der Waals surface area contributed by atoms with Crippen LogP contribution in [0, 0.1) is 5.92 Å². The molecular formula is C16H23NO5. The van der Waals surface area contributed by atoms with Crippen molar-refractivity contribution in [2.45, 2.75) is 32.7 Å². The maximum atomic E-state index is 11.7. The number of carboxylic acid groups (broad SMARTS) is 1. The van der Waals surface area contributed by atoms with Crippen LogP contribution in [0.1, 0.15) is 26.7 Å². The van der Waals surface area contributed by atoms with Gasteiger partial charge in [0.2, 0.25) is 5.91 Å². The maximum absolute atomic E-state index is 11.7. The Morgan fingerprint density at radius 1 is 1.23 bits per heavy atom. The SMILES string of the molecule is COc1ccccc1OCCCC(=O)NC(C(=O)O)C(C)C. The lowest BCUT2D eigenvalue weighted by Gasteiger charge is -2.17. The second kappa shape index (κ2) is 8.92. The number of carboxylic acids is 1. The summed E-state index contributed by atoms with van der Waals surface area (Å²) >= 11 is 0. The third-order valence-corrected chi connectivity index (χ3v) is 3.12. The van der Waals surface area contributed by atoms with Gasteiger partial charge in [-0.2, -0.15) is 0 Å². The highest BCUT2D eigenvalue weighted by Crippen LogP contribution is 2.25. The van der Waals surface area contributed by atoms with E-state index in [1.54, 1.807) is 33.1 Å². The molecule has 0 fully saturated rings. The van der Waals surface area contributed by atoms with Crippen molar-refractivity contribution < 1.29 is 24.2 Å². The minimum Gasteiger partial charge on any atom is -0.493 e. The van der Waals surface area contributed by atoms with Crippen molar-refractivity contribution in [2.75, 3.05) is 13.7 Å². The summed E-state index contributed by atoms with van der Waals surface area (Å²) < 4.78 is 10.7. The lowest BCUT2D eigenvalue weighted by Crippen LogP contribution is -2.44. The number of carbonyl (C=O) groups is 2. The van der Waals surface area contributed by atoms with Crippen LogP contribution in [0.25, 0.3) is 0 Å². The summed E-state index contributed by atoms with van der Waals surface area (Å²) in [5, 5.41) is 11.5. The van der Waals surface area contributed by atoms with Crippen LogP contribution in [0.5, 0.6) is 11.5 Å². The summed E-state index contributed by atoms with van der Waals surface area (Å²) in [5.74, 6) is -0.210. The molecule has 22 heavy (non-hydrogen) atoms. The van der Waals surface area contributed by atoms with Crippen LogP contribution in [0.4, 0.5) is 0 Å². The van der Waals surface area contributed by atoms with E-state index >= 15 is 0 Å². The first-order valence-electron chi connectivity index (χ1n) is 7.23. The number of rotatable bonds is 9. The minimum absolute atomic E-state index is 0.161. The molecule has 6 heteroatoms. The van der Waals surface area contributed by atoms with Crippen molar-refractivity contribution in [2.24, 2.45) is 5.92 Å². The second-order valence-corrected chi connectivity index (χ2v) is 5.23. The molecule has 0 saturated heterocycles. The van der Waals surface area contributed by atoms with Crippen molar-refractivity contribution in [1.82, 2.24) is 5.32 Å². The van der Waals surface area contributed by atoms with E-state index in [9.17, 15) is 9.59 Å². The van der Waals surface area contributed by atoms with Gasteiger partial charge in [0, 0.05) is 6.42 Å². The molecule has 1 rings (SSSR count). The molecule has 0 aliphatic heterocycles. The molecule has 1 aromatic carbocycles. The van der Waals surface area contributed by atoms with Crippen molar-refractivity contribution in [3.05, 3.63) is 24.3 Å². The first-order chi connectivity index (χ1) is 10.5. The maximum Gasteiger partial charge on any atom is 0.326 e. The number of benzene rings is 1. The summed E-state index contributed by atoms with van der Waals surface area (Å²) in [4.78, 5) is 22.8. The second-order valence-electron chi connectivity index (χ2n) is 5.23. The highest BCUT2D eigenvalue weighted by atomic mass is 16.5. The van der Waals surface area contributed by atoms with Gasteiger partial charge in [0.05, 0.1) is 13.7 Å². The number of hydrogen-bond donors (Lipinski definition) is 2. The van der Waals surface area contributed by atoms with E-state index in [1.165, 1.54) is 0 Å². The highest BCUT2D eigenvalue weighted by Gasteiger charge is 2.22. The number of nitrogens with one attached hydrogen (secondary N) is 1. The zero-order valence-corrected chi connectivity index (χ0v) is 13.2. The molecule has 1 amide bonds. The summed E-state index contributed by atoms with van der Waals surface area (Å²) in [6.07, 6.45) is 0.708. The lowest BCUT2D eigenvalue weighted by atomic mass is 10.0. The minimum atomic E-state index is -1.02. The van der Waals surface area contributed by atoms with Gasteiger partial charge >= 0.3 is 5.97 Å². The Morgan fingerprint density at radius 3 is 2.41 bits per heavy atom. The Labute approximate surface area is 130 Å². The average Bonchev–Trinajstić information content (AvgIpc) is 2.49. The average molecular weight is 309 g/mol. The first-order valence-corrected chi connectivity index (χ1v) is 7.23. The molecule has 0 aliphatic rings. The first kappa shape index (κ1) is 17.8. The summed E-state index contributed by atoms with van der Waals surface area (Å²) in [6, 6.07) is 6.41. The number of hydrogen-bond acceptors (Lipinski definition) is 4. The van der Waals surface area contributed by atoms with Gasteiger partial charge in [-0.05, 0) is 24.5 Å². The van der Waals surface area contributed by atoms with Gasteiger partial charge in [-0.25, -0.2) is 4.79 Å². The van der Waals surface area contributed by atoms with Crippen molar-refractivity contribution in [1.29, 1.82) is 0 Å². The predicted molar refractivity (Wildman–Crippen MR) is 82.1 cm³/mol. The molecule has 6 nitrogen and oxygen atoms in total. The van der Waals surface area contributed by atoms with E-state index in [0.29, 0.717) is 24.5 Å². The Balaban J connectivity index is 2.35. The summed E-state index contributed by atoms with van der Waals surface area (Å²) in [6.45, 7) is 3.86. The fourth-order valence-electron chi connectivity index (χ4n) is 1.91. The molecule has 0 aromatic heterocycles. The molecule has 0 saturated carbocycles. The van der Waals surface area contributed by atoms with Crippen LogP contribution in [-0.4, -0.2) is 36.7 Å². The topological polar surface area (TPSA) is 84.9 Å². The van der Waals surface area contributed by atoms with Gasteiger partial charge in [0.1, 0.15) is 6.04 Å². The van der Waals surface area contributed by atoms with E-state index in [-0.39, 0.29) is 18.2 Å². The van der Waals surface area contributed by atoms with Crippen LogP contribution in [0.2, 0.25) is 0 Å². The largest absolute Gasteiger partial charge is 0.493 e. The zero-order valence-electron chi connectivity index (χ0n) is 13.2. The number of ether oxygens (including phenoxy) is 2. The van der Waals surface area contributed by atoms with Gasteiger partial charge < -0.3 is 19.9 Å². The highest BCUT2D eigenvalue weighted by molar-refractivity contribution is 5.83. The van der Waals surface area contributed by atoms with Crippen molar-refractivity contribution in [3.8, 4) is 11.5 Å². The number of methoxy groups -OCH3 is 1. The molecule has 0 radical (unpaired) electrons. The van der Waals surface area contributed by atoms with Gasteiger partial charge in [-0.15, -0.1) is 0 Å². The molecular weight excluding hydrogens is 286 g/mol. The van der Waals surface area contributed by atoms with Gasteiger partial charge in [0.15, 0.2) is 11.5 Å². The molecule has 2 N–H and O–H groups in total. The Kier molecular flexibility index (Phi) is 7.22. The van der Waals surface area contributed by atoms with Crippen molar-refractivity contribution in [3.63, 3.8) is 0 Å². The van der Waals surface area contributed by atoms with Crippen LogP contribution >= 0.6 is 0 Å². The van der Waals surface area contributed by atoms with Crippen LogP contribution in [-0.2, 0) is 9.59 Å². The quantitative estimate of drug-likeness (QED) is 0.682.